The van der Waals surface area contributed by atoms with Crippen molar-refractivity contribution >= 4 is 11.7 Å². The van der Waals surface area contributed by atoms with Gasteiger partial charge in [0.2, 0.25) is 6.79 Å². The molecule has 1 N–H and O–H groups in total. The van der Waals surface area contributed by atoms with Crippen LogP contribution >= 0.6 is 0 Å². The number of hydrogen-bond acceptors (Lipinski definition) is 10. The third kappa shape index (κ3) is 14.7. The van der Waals surface area contributed by atoms with Crippen LogP contribution in [0.5, 0.6) is 17.2 Å². The van der Waals surface area contributed by atoms with Crippen molar-refractivity contribution < 1.29 is 48.1 Å². The maximum atomic E-state index is 11.0. The summed E-state index contributed by atoms with van der Waals surface area (Å²) in [7, 11) is 1.68. The van der Waals surface area contributed by atoms with Crippen LogP contribution in [-0.2, 0) is 28.6 Å². The number of esters is 1. The average Bonchev–Trinajstić information content (AvgIpc) is 3.12. The molecule has 1 unspecified atom stereocenters. The minimum atomic E-state index is -0.683. The van der Waals surface area contributed by atoms with Gasteiger partial charge in [-0.25, -0.2) is 9.68 Å². The second kappa shape index (κ2) is 23.1. The van der Waals surface area contributed by atoms with Crippen molar-refractivity contribution in [2.45, 2.75) is 51.6 Å². The summed E-state index contributed by atoms with van der Waals surface area (Å²) in [4.78, 5) is 15.9. The lowest BCUT2D eigenvalue weighted by molar-refractivity contribution is -0.270. The monoisotopic (exact) mass is 678 g/mol. The molecule has 0 heterocycles. The summed E-state index contributed by atoms with van der Waals surface area (Å²) in [5.74, 6) is 2.26. The third-order valence-corrected chi connectivity index (χ3v) is 7.47. The fraction of sp³-hybridized carbons (Fsp3) is 0.410. The summed E-state index contributed by atoms with van der Waals surface area (Å²) in [6.07, 6.45) is 5.83. The van der Waals surface area contributed by atoms with Crippen molar-refractivity contribution in [3.63, 3.8) is 0 Å². The molecule has 3 rings (SSSR count). The summed E-state index contributed by atoms with van der Waals surface area (Å²) >= 11 is 0. The van der Waals surface area contributed by atoms with Gasteiger partial charge in [0.25, 0.3) is 0 Å². The van der Waals surface area contributed by atoms with E-state index in [1.165, 1.54) is 6.08 Å². The highest BCUT2D eigenvalue weighted by atomic mass is 17.1. The quantitative estimate of drug-likeness (QED) is 0.0170. The Labute approximate surface area is 290 Å². The second-order valence-electron chi connectivity index (χ2n) is 11.2. The Morgan fingerprint density at radius 3 is 2.02 bits per heavy atom. The van der Waals surface area contributed by atoms with Gasteiger partial charge in [-0.1, -0.05) is 43.5 Å². The van der Waals surface area contributed by atoms with E-state index in [1.807, 2.05) is 73.7 Å². The lowest BCUT2D eigenvalue weighted by atomic mass is 9.98. The number of ether oxygens (including phenoxy) is 7. The minimum Gasteiger partial charge on any atom is -0.494 e. The summed E-state index contributed by atoms with van der Waals surface area (Å²) in [5.41, 5.74) is 3.26. The summed E-state index contributed by atoms with van der Waals surface area (Å²) < 4.78 is 38.7. The van der Waals surface area contributed by atoms with Gasteiger partial charge in [-0.2, -0.15) is 0 Å². The van der Waals surface area contributed by atoms with Gasteiger partial charge in [0.15, 0.2) is 0 Å². The highest BCUT2D eigenvalue weighted by Gasteiger charge is 2.17. The zero-order valence-corrected chi connectivity index (χ0v) is 28.7. The van der Waals surface area contributed by atoms with Crippen LogP contribution < -0.4 is 14.2 Å². The van der Waals surface area contributed by atoms with E-state index < -0.39 is 6.10 Å². The van der Waals surface area contributed by atoms with Crippen molar-refractivity contribution in [1.82, 2.24) is 0 Å². The van der Waals surface area contributed by atoms with E-state index in [1.54, 1.807) is 7.11 Å². The molecule has 0 saturated heterocycles. The van der Waals surface area contributed by atoms with Crippen molar-refractivity contribution in [3.8, 4) is 17.2 Å². The molecule has 3 aromatic carbocycles. The van der Waals surface area contributed by atoms with Crippen LogP contribution in [0.25, 0.3) is 5.76 Å². The first-order valence-corrected chi connectivity index (χ1v) is 16.6. The molecule has 10 nitrogen and oxygen atoms in total. The van der Waals surface area contributed by atoms with E-state index in [-0.39, 0.29) is 12.8 Å². The molecule has 0 saturated carbocycles. The van der Waals surface area contributed by atoms with Crippen molar-refractivity contribution in [2.75, 3.05) is 53.5 Å². The average molecular weight is 679 g/mol. The molecule has 0 spiro atoms. The topological polar surface area (TPSA) is 111 Å². The number of rotatable bonds is 26. The molecule has 0 aliphatic carbocycles. The SMILES string of the molecule is C=CC(=O)OCCCCCCOc1ccc(OCOc2ccc(C(OO)c3ccc(C(=C)OCCCOCCCOC)cc3)cc2C)cc1. The van der Waals surface area contributed by atoms with Crippen LogP contribution in [0.4, 0.5) is 0 Å². The Morgan fingerprint density at radius 2 is 1.37 bits per heavy atom. The smallest absolute Gasteiger partial charge is 0.330 e. The number of hydrogen-bond donors (Lipinski definition) is 1. The van der Waals surface area contributed by atoms with Gasteiger partial charge in [0.1, 0.15) is 29.1 Å². The number of methoxy groups -OCH3 is 1. The first-order valence-electron chi connectivity index (χ1n) is 16.6. The van der Waals surface area contributed by atoms with Gasteiger partial charge in [0, 0.05) is 45.0 Å². The predicted molar refractivity (Wildman–Crippen MR) is 188 cm³/mol. The molecular weight excluding hydrogens is 628 g/mol. The highest BCUT2D eigenvalue weighted by Crippen LogP contribution is 2.30. The fourth-order valence-electron chi connectivity index (χ4n) is 4.78. The maximum absolute atomic E-state index is 11.0. The van der Waals surface area contributed by atoms with E-state index >= 15 is 0 Å². The molecule has 266 valence electrons. The Hall–Kier alpha value is -4.35. The van der Waals surface area contributed by atoms with E-state index in [0.29, 0.717) is 56.9 Å². The molecule has 49 heavy (non-hydrogen) atoms. The van der Waals surface area contributed by atoms with Gasteiger partial charge in [-0.15, -0.1) is 0 Å². The van der Waals surface area contributed by atoms with Crippen molar-refractivity contribution in [3.05, 3.63) is 108 Å². The van der Waals surface area contributed by atoms with Crippen molar-refractivity contribution in [2.24, 2.45) is 0 Å². The van der Waals surface area contributed by atoms with Gasteiger partial charge in [0.05, 0.1) is 19.8 Å². The van der Waals surface area contributed by atoms with Crippen LogP contribution in [-0.4, -0.2) is 64.8 Å². The fourth-order valence-corrected chi connectivity index (χ4v) is 4.78. The van der Waals surface area contributed by atoms with E-state index in [0.717, 1.165) is 66.5 Å². The first kappa shape index (κ1) is 39.1. The van der Waals surface area contributed by atoms with E-state index in [2.05, 4.69) is 13.2 Å². The Bertz CT molecular complexity index is 1390. The standard InChI is InChI=1S/C39H50O10/c1-5-38(40)46-26-9-7-6-8-25-45-35-17-19-36(20-18-35)47-29-48-37-21-16-34(28-30(37)2)39(49-41)33-14-12-32(13-15-33)31(3)44-27-11-24-43-23-10-22-42-4/h5,12-21,28,39,41H,1,3,6-11,22-27,29H2,2,4H3. The van der Waals surface area contributed by atoms with Crippen molar-refractivity contribution in [1.29, 1.82) is 0 Å². The maximum Gasteiger partial charge on any atom is 0.330 e. The second-order valence-corrected chi connectivity index (χ2v) is 11.2. The Morgan fingerprint density at radius 1 is 0.735 bits per heavy atom. The Kier molecular flexibility index (Phi) is 18.4. The highest BCUT2D eigenvalue weighted by molar-refractivity contribution is 5.81. The normalized spacial score (nSPS) is 11.4. The van der Waals surface area contributed by atoms with Crippen LogP contribution in [0.1, 0.15) is 66.9 Å². The molecule has 0 bridgehead atoms. The molecule has 10 heteroatoms. The van der Waals surface area contributed by atoms with Crippen LogP contribution in [0, 0.1) is 6.92 Å². The van der Waals surface area contributed by atoms with Gasteiger partial charge >= 0.3 is 5.97 Å². The molecule has 0 aromatic heterocycles. The molecule has 0 aliphatic rings. The molecule has 3 aromatic rings. The zero-order chi connectivity index (χ0) is 35.1. The summed E-state index contributed by atoms with van der Waals surface area (Å²) in [6.45, 7) is 12.9. The zero-order valence-electron chi connectivity index (χ0n) is 28.7. The van der Waals surface area contributed by atoms with Gasteiger partial charge < -0.3 is 33.2 Å². The molecular formula is C39H50O10. The van der Waals surface area contributed by atoms with Gasteiger partial charge in [-0.3, -0.25) is 5.26 Å². The first-order chi connectivity index (χ1) is 23.9. The number of carbonyl (C=O) groups is 1. The van der Waals surface area contributed by atoms with Crippen LogP contribution in [0.3, 0.4) is 0 Å². The largest absolute Gasteiger partial charge is 0.494 e. The number of carbonyl (C=O) groups excluding carboxylic acids is 1. The molecule has 0 fully saturated rings. The molecule has 0 amide bonds. The third-order valence-electron chi connectivity index (χ3n) is 7.47. The number of aryl methyl sites for hydroxylation is 1. The summed E-state index contributed by atoms with van der Waals surface area (Å²) in [6, 6.07) is 20.5. The number of unbranched alkanes of at least 4 members (excludes halogenated alkanes) is 3. The van der Waals surface area contributed by atoms with E-state index in [4.69, 9.17) is 38.0 Å². The van der Waals surface area contributed by atoms with Crippen LogP contribution in [0.2, 0.25) is 0 Å². The minimum absolute atomic E-state index is 0.0251. The van der Waals surface area contributed by atoms with Gasteiger partial charge in [-0.05, 0) is 92.1 Å². The molecule has 0 aliphatic heterocycles. The number of benzene rings is 3. The Balaban J connectivity index is 1.37. The molecule has 1 atom stereocenters. The predicted octanol–water partition coefficient (Wildman–Crippen LogP) is 8.09. The lowest BCUT2D eigenvalue weighted by Gasteiger charge is -2.17. The van der Waals surface area contributed by atoms with Crippen LogP contribution in [0.15, 0.2) is 86.0 Å². The molecule has 0 radical (unpaired) electrons. The van der Waals surface area contributed by atoms with E-state index in [9.17, 15) is 10.1 Å². The summed E-state index contributed by atoms with van der Waals surface area (Å²) in [5, 5.41) is 9.78. The lowest BCUT2D eigenvalue weighted by Crippen LogP contribution is -2.08.